The van der Waals surface area contributed by atoms with Gasteiger partial charge in [-0.3, -0.25) is 19.2 Å². The van der Waals surface area contributed by atoms with Gasteiger partial charge in [-0.1, -0.05) is 60.7 Å². The van der Waals surface area contributed by atoms with E-state index in [2.05, 4.69) is 0 Å². The highest BCUT2D eigenvalue weighted by molar-refractivity contribution is 6.45. The minimum absolute atomic E-state index is 0.184. The first-order valence-electron chi connectivity index (χ1n) is 8.03. The Morgan fingerprint density at radius 3 is 1.67 bits per heavy atom. The second-order valence-electron chi connectivity index (χ2n) is 5.35. The Bertz CT molecular complexity index is 841. The van der Waals surface area contributed by atoms with E-state index < -0.39 is 35.7 Å². The van der Waals surface area contributed by atoms with Gasteiger partial charge in [-0.15, -0.1) is 0 Å². The Labute approximate surface area is 154 Å². The van der Waals surface area contributed by atoms with Crippen LogP contribution in [0, 0.1) is 0 Å². The molecule has 0 atom stereocenters. The van der Waals surface area contributed by atoms with Crippen LogP contribution in [0.3, 0.4) is 0 Å². The van der Waals surface area contributed by atoms with Crippen molar-refractivity contribution in [2.45, 2.75) is 6.42 Å². The van der Waals surface area contributed by atoms with E-state index >= 15 is 0 Å². The van der Waals surface area contributed by atoms with E-state index in [-0.39, 0.29) is 24.3 Å². The van der Waals surface area contributed by atoms with Crippen LogP contribution in [0.4, 0.5) is 0 Å². The summed E-state index contributed by atoms with van der Waals surface area (Å²) in [6.45, 7) is -0.677. The molecule has 27 heavy (non-hydrogen) atoms. The summed E-state index contributed by atoms with van der Waals surface area (Å²) in [5, 5.41) is 0. The van der Waals surface area contributed by atoms with Crippen LogP contribution in [-0.2, 0) is 23.9 Å². The smallest absolute Gasteiger partial charge is 0.379 e. The molecule has 0 aromatic heterocycles. The summed E-state index contributed by atoms with van der Waals surface area (Å²) in [7, 11) is 0. The van der Waals surface area contributed by atoms with Crippen molar-refractivity contribution in [2.24, 2.45) is 0 Å². The maximum Gasteiger partial charge on any atom is 0.379 e. The lowest BCUT2D eigenvalue weighted by Crippen LogP contribution is -2.23. The molecule has 0 spiro atoms. The Morgan fingerprint density at radius 1 is 0.630 bits per heavy atom. The number of esters is 2. The Kier molecular flexibility index (Phi) is 7.13. The van der Waals surface area contributed by atoms with Gasteiger partial charge in [0, 0.05) is 11.1 Å². The minimum atomic E-state index is -1.08. The van der Waals surface area contributed by atoms with Crippen molar-refractivity contribution in [2.75, 3.05) is 13.2 Å². The van der Waals surface area contributed by atoms with E-state index in [4.69, 9.17) is 9.47 Å². The van der Waals surface area contributed by atoms with Crippen molar-refractivity contribution < 1.29 is 33.4 Å². The van der Waals surface area contributed by atoms with E-state index in [1.165, 1.54) is 24.3 Å². The molecule has 0 heterocycles. The highest BCUT2D eigenvalue weighted by atomic mass is 16.6. The molecule has 0 saturated heterocycles. The number of hydrogen-bond donors (Lipinski definition) is 0. The van der Waals surface area contributed by atoms with Crippen LogP contribution in [-0.4, -0.2) is 42.5 Å². The van der Waals surface area contributed by atoms with Gasteiger partial charge in [0.25, 0.3) is 5.78 Å². The average Bonchev–Trinajstić information content (AvgIpc) is 2.71. The standard InChI is InChI=1S/C20H16O7/c21-16(18(23)14-7-3-1-4-8-14)13-17(22)26-11-12-27-20(25)19(24)15-9-5-2-6-10-15/h1-10H,11-13H2. The zero-order valence-corrected chi connectivity index (χ0v) is 14.3. The molecular weight excluding hydrogens is 352 g/mol. The summed E-state index contributed by atoms with van der Waals surface area (Å²) >= 11 is 0. The number of ether oxygens (including phenoxy) is 2. The molecule has 2 aromatic carbocycles. The largest absolute Gasteiger partial charge is 0.462 e. The second-order valence-corrected chi connectivity index (χ2v) is 5.35. The summed E-state index contributed by atoms with van der Waals surface area (Å²) in [4.78, 5) is 58.6. The van der Waals surface area contributed by atoms with Crippen molar-refractivity contribution in [3.8, 4) is 0 Å². The number of Topliss-reactive ketones (excluding diaryl/α,β-unsaturated/α-hetero) is 3. The highest BCUT2D eigenvalue weighted by Gasteiger charge is 2.21. The van der Waals surface area contributed by atoms with E-state index in [0.29, 0.717) is 0 Å². The molecular formula is C20H16O7. The molecule has 0 unspecified atom stereocenters. The summed E-state index contributed by atoms with van der Waals surface area (Å²) in [6, 6.07) is 15.7. The zero-order chi connectivity index (χ0) is 19.6. The van der Waals surface area contributed by atoms with Crippen LogP contribution < -0.4 is 0 Å². The van der Waals surface area contributed by atoms with Crippen LogP contribution in [0.2, 0.25) is 0 Å². The molecule has 0 fully saturated rings. The van der Waals surface area contributed by atoms with E-state index in [0.717, 1.165) is 0 Å². The molecule has 0 N–H and O–H groups in total. The first kappa shape index (κ1) is 19.7. The molecule has 0 bridgehead atoms. The molecule has 0 aliphatic rings. The van der Waals surface area contributed by atoms with Gasteiger partial charge in [-0.05, 0) is 0 Å². The molecule has 7 heteroatoms. The number of ketones is 3. The van der Waals surface area contributed by atoms with Crippen LogP contribution in [0.5, 0.6) is 0 Å². The fourth-order valence-electron chi connectivity index (χ4n) is 2.08. The summed E-state index contributed by atoms with van der Waals surface area (Å²) < 4.78 is 9.45. The predicted molar refractivity (Wildman–Crippen MR) is 93.1 cm³/mol. The van der Waals surface area contributed by atoms with Crippen LogP contribution in [0.15, 0.2) is 60.7 Å². The van der Waals surface area contributed by atoms with Gasteiger partial charge in [-0.25, -0.2) is 4.79 Å². The van der Waals surface area contributed by atoms with Crippen molar-refractivity contribution >= 4 is 29.3 Å². The number of carbonyl (C=O) groups excluding carboxylic acids is 5. The van der Waals surface area contributed by atoms with Gasteiger partial charge in [0.15, 0.2) is 0 Å². The third-order valence-electron chi connectivity index (χ3n) is 3.40. The molecule has 0 amide bonds. The molecule has 138 valence electrons. The lowest BCUT2D eigenvalue weighted by molar-refractivity contribution is -0.150. The first-order valence-corrected chi connectivity index (χ1v) is 8.03. The molecule has 0 radical (unpaired) electrons. The average molecular weight is 368 g/mol. The number of benzene rings is 2. The molecule has 2 rings (SSSR count). The van der Waals surface area contributed by atoms with Crippen molar-refractivity contribution in [1.82, 2.24) is 0 Å². The van der Waals surface area contributed by atoms with Gasteiger partial charge < -0.3 is 9.47 Å². The zero-order valence-electron chi connectivity index (χ0n) is 14.3. The molecule has 0 aliphatic heterocycles. The predicted octanol–water partition coefficient (Wildman–Crippen LogP) is 1.80. The summed E-state index contributed by atoms with van der Waals surface area (Å²) in [6.07, 6.45) is -0.718. The topological polar surface area (TPSA) is 104 Å². The number of hydrogen-bond acceptors (Lipinski definition) is 7. The summed E-state index contributed by atoms with van der Waals surface area (Å²) in [5.74, 6) is -4.50. The third-order valence-corrected chi connectivity index (χ3v) is 3.40. The van der Waals surface area contributed by atoms with Gasteiger partial charge in [-0.2, -0.15) is 0 Å². The lowest BCUT2D eigenvalue weighted by atomic mass is 10.1. The van der Waals surface area contributed by atoms with Crippen LogP contribution in [0.25, 0.3) is 0 Å². The highest BCUT2D eigenvalue weighted by Crippen LogP contribution is 2.04. The fourth-order valence-corrected chi connectivity index (χ4v) is 2.08. The van der Waals surface area contributed by atoms with E-state index in [9.17, 15) is 24.0 Å². The first-order chi connectivity index (χ1) is 13.0. The molecule has 0 saturated carbocycles. The normalized spacial score (nSPS) is 9.93. The number of carbonyl (C=O) groups is 5. The van der Waals surface area contributed by atoms with Crippen molar-refractivity contribution in [3.05, 3.63) is 71.8 Å². The monoisotopic (exact) mass is 368 g/mol. The SMILES string of the molecule is O=C(CC(=O)C(=O)c1ccccc1)OCCOC(=O)C(=O)c1ccccc1. The van der Waals surface area contributed by atoms with Gasteiger partial charge >= 0.3 is 11.9 Å². The van der Waals surface area contributed by atoms with Crippen molar-refractivity contribution in [1.29, 1.82) is 0 Å². The Morgan fingerprint density at radius 2 is 1.11 bits per heavy atom. The fraction of sp³-hybridized carbons (Fsp3) is 0.150. The Balaban J connectivity index is 1.70. The van der Waals surface area contributed by atoms with Crippen LogP contribution in [0.1, 0.15) is 27.1 Å². The second kappa shape index (κ2) is 9.76. The van der Waals surface area contributed by atoms with E-state index in [1.807, 2.05) is 0 Å². The van der Waals surface area contributed by atoms with Gasteiger partial charge in [0.05, 0.1) is 0 Å². The van der Waals surface area contributed by atoms with Crippen LogP contribution >= 0.6 is 0 Å². The maximum absolute atomic E-state index is 11.8. The molecule has 7 nitrogen and oxygen atoms in total. The third kappa shape index (κ3) is 6.00. The molecule has 0 aliphatic carbocycles. The van der Waals surface area contributed by atoms with E-state index in [1.54, 1.807) is 36.4 Å². The van der Waals surface area contributed by atoms with Gasteiger partial charge in [0.2, 0.25) is 11.6 Å². The molecule has 2 aromatic rings. The summed E-state index contributed by atoms with van der Waals surface area (Å²) in [5.41, 5.74) is 0.369. The quantitative estimate of drug-likeness (QED) is 0.218. The maximum atomic E-state index is 11.8. The lowest BCUT2D eigenvalue weighted by Gasteiger charge is -2.06. The minimum Gasteiger partial charge on any atom is -0.462 e. The Hall–Kier alpha value is -3.61. The van der Waals surface area contributed by atoms with Crippen molar-refractivity contribution in [3.63, 3.8) is 0 Å². The number of rotatable bonds is 9. The van der Waals surface area contributed by atoms with Gasteiger partial charge in [0.1, 0.15) is 19.6 Å².